The summed E-state index contributed by atoms with van der Waals surface area (Å²) in [5.41, 5.74) is 6.49. The van der Waals surface area contributed by atoms with Crippen molar-refractivity contribution in [2.45, 2.75) is 37.1 Å². The molecule has 0 aliphatic heterocycles. The van der Waals surface area contributed by atoms with Crippen LogP contribution >= 0.6 is 11.8 Å². The van der Waals surface area contributed by atoms with E-state index in [4.69, 9.17) is 4.98 Å². The molecule has 1 heterocycles. The number of hydrogen-bond donors (Lipinski definition) is 0. The molecule has 0 bridgehead atoms. The van der Waals surface area contributed by atoms with Gasteiger partial charge in [0, 0.05) is 16.9 Å². The number of thioether (sulfide) groups is 1. The number of aromatic nitrogens is 3. The monoisotopic (exact) mass is 411 g/mol. The fourth-order valence-corrected chi connectivity index (χ4v) is 3.95. The Morgan fingerprint density at radius 1 is 0.667 bits per heavy atom. The highest BCUT2D eigenvalue weighted by atomic mass is 32.2. The average molecular weight is 412 g/mol. The molecule has 4 rings (SSSR count). The van der Waals surface area contributed by atoms with Gasteiger partial charge in [-0.05, 0) is 16.5 Å². The van der Waals surface area contributed by atoms with Crippen LogP contribution in [0, 0.1) is 0 Å². The van der Waals surface area contributed by atoms with Gasteiger partial charge in [0.15, 0.2) is 0 Å². The molecule has 4 aromatic rings. The van der Waals surface area contributed by atoms with Crippen molar-refractivity contribution in [2.75, 3.05) is 0 Å². The maximum atomic E-state index is 4.88. The van der Waals surface area contributed by atoms with Crippen molar-refractivity contribution in [3.8, 4) is 22.5 Å². The summed E-state index contributed by atoms with van der Waals surface area (Å²) in [7, 11) is 0. The van der Waals surface area contributed by atoms with Crippen LogP contribution in [0.2, 0.25) is 0 Å². The Hall–Kier alpha value is -2.98. The Kier molecular flexibility index (Phi) is 5.96. The van der Waals surface area contributed by atoms with Crippen LogP contribution in [-0.2, 0) is 11.2 Å². The lowest BCUT2D eigenvalue weighted by molar-refractivity contribution is 0.590. The predicted octanol–water partition coefficient (Wildman–Crippen LogP) is 6.80. The van der Waals surface area contributed by atoms with E-state index in [0.717, 1.165) is 28.3 Å². The lowest BCUT2D eigenvalue weighted by atomic mass is 9.87. The minimum Gasteiger partial charge on any atom is -0.219 e. The van der Waals surface area contributed by atoms with Gasteiger partial charge in [0.2, 0.25) is 5.16 Å². The topological polar surface area (TPSA) is 38.7 Å². The zero-order chi connectivity index (χ0) is 21.0. The molecule has 0 saturated heterocycles. The first-order chi connectivity index (χ1) is 14.5. The first kappa shape index (κ1) is 20.3. The van der Waals surface area contributed by atoms with Gasteiger partial charge in [-0.3, -0.25) is 0 Å². The van der Waals surface area contributed by atoms with E-state index in [1.807, 2.05) is 48.5 Å². The molecule has 0 N–H and O–H groups in total. The highest BCUT2D eigenvalue weighted by Crippen LogP contribution is 2.30. The van der Waals surface area contributed by atoms with Crippen LogP contribution in [0.5, 0.6) is 0 Å². The second kappa shape index (κ2) is 8.80. The summed E-state index contributed by atoms with van der Waals surface area (Å²) in [5, 5.41) is 9.65. The quantitative estimate of drug-likeness (QED) is 0.339. The maximum Gasteiger partial charge on any atom is 0.210 e. The van der Waals surface area contributed by atoms with E-state index in [9.17, 15) is 0 Å². The highest BCUT2D eigenvalue weighted by molar-refractivity contribution is 7.98. The highest BCUT2D eigenvalue weighted by Gasteiger charge is 2.15. The largest absolute Gasteiger partial charge is 0.219 e. The Labute approximate surface area is 182 Å². The Morgan fingerprint density at radius 2 is 1.23 bits per heavy atom. The van der Waals surface area contributed by atoms with Crippen molar-refractivity contribution >= 4 is 11.8 Å². The fourth-order valence-electron chi connectivity index (χ4n) is 3.21. The van der Waals surface area contributed by atoms with E-state index in [0.29, 0.717) is 5.16 Å². The predicted molar refractivity (Wildman–Crippen MR) is 125 cm³/mol. The second-order valence-corrected chi connectivity index (χ2v) is 9.20. The van der Waals surface area contributed by atoms with Crippen molar-refractivity contribution in [1.29, 1.82) is 0 Å². The van der Waals surface area contributed by atoms with Crippen molar-refractivity contribution in [3.63, 3.8) is 0 Å². The van der Waals surface area contributed by atoms with Crippen LogP contribution in [0.4, 0.5) is 0 Å². The molecule has 0 atom stereocenters. The molecular formula is C26H25N3S. The van der Waals surface area contributed by atoms with Gasteiger partial charge in [0.05, 0.1) is 0 Å². The van der Waals surface area contributed by atoms with E-state index in [-0.39, 0.29) is 5.41 Å². The minimum absolute atomic E-state index is 0.163. The Bertz CT molecular complexity index is 1100. The molecule has 0 fully saturated rings. The van der Waals surface area contributed by atoms with Gasteiger partial charge in [-0.25, -0.2) is 4.98 Å². The van der Waals surface area contributed by atoms with Crippen LogP contribution in [0.3, 0.4) is 0 Å². The molecule has 30 heavy (non-hydrogen) atoms. The SMILES string of the molecule is CC(C)(C)c1ccc(CSc2nnc(-c3ccccc3)c(-c3ccccc3)n2)cc1. The molecular weight excluding hydrogens is 386 g/mol. The van der Waals surface area contributed by atoms with Gasteiger partial charge >= 0.3 is 0 Å². The number of benzene rings is 3. The average Bonchev–Trinajstić information content (AvgIpc) is 2.78. The summed E-state index contributed by atoms with van der Waals surface area (Å²) in [6.07, 6.45) is 0. The lowest BCUT2D eigenvalue weighted by Crippen LogP contribution is -2.10. The summed E-state index contributed by atoms with van der Waals surface area (Å²) in [4.78, 5) is 4.88. The number of rotatable bonds is 5. The molecule has 150 valence electrons. The van der Waals surface area contributed by atoms with Crippen molar-refractivity contribution in [2.24, 2.45) is 0 Å². The minimum atomic E-state index is 0.163. The summed E-state index contributed by atoms with van der Waals surface area (Å²) < 4.78 is 0. The van der Waals surface area contributed by atoms with Crippen molar-refractivity contribution in [1.82, 2.24) is 15.2 Å². The molecule has 0 amide bonds. The standard InChI is InChI=1S/C26H25N3S/c1-26(2,3)22-16-14-19(15-17-22)18-30-25-27-23(20-10-6-4-7-11-20)24(28-29-25)21-12-8-5-9-13-21/h4-17H,18H2,1-3H3. The van der Waals surface area contributed by atoms with Crippen LogP contribution in [0.15, 0.2) is 90.1 Å². The van der Waals surface area contributed by atoms with Gasteiger partial charge in [0.1, 0.15) is 11.4 Å². The smallest absolute Gasteiger partial charge is 0.210 e. The van der Waals surface area contributed by atoms with E-state index in [2.05, 4.69) is 67.4 Å². The van der Waals surface area contributed by atoms with E-state index < -0.39 is 0 Å². The molecule has 4 heteroatoms. The third-order valence-corrected chi connectivity index (χ3v) is 5.86. The maximum absolute atomic E-state index is 4.88. The first-order valence-corrected chi connectivity index (χ1v) is 11.1. The molecule has 3 nitrogen and oxygen atoms in total. The van der Waals surface area contributed by atoms with Crippen molar-refractivity contribution in [3.05, 3.63) is 96.1 Å². The Morgan fingerprint density at radius 3 is 1.80 bits per heavy atom. The molecule has 1 aromatic heterocycles. The molecule has 0 saturated carbocycles. The van der Waals surface area contributed by atoms with Gasteiger partial charge in [-0.2, -0.15) is 0 Å². The van der Waals surface area contributed by atoms with E-state index >= 15 is 0 Å². The summed E-state index contributed by atoms with van der Waals surface area (Å²) in [6.45, 7) is 6.70. The fraction of sp³-hybridized carbons (Fsp3) is 0.192. The molecule has 0 aliphatic rings. The third kappa shape index (κ3) is 4.77. The molecule has 0 aliphatic carbocycles. The first-order valence-electron chi connectivity index (χ1n) is 10.1. The summed E-state index contributed by atoms with van der Waals surface area (Å²) in [6, 6.07) is 29.1. The summed E-state index contributed by atoms with van der Waals surface area (Å²) >= 11 is 1.61. The molecule has 3 aromatic carbocycles. The van der Waals surface area contributed by atoms with Crippen molar-refractivity contribution < 1.29 is 0 Å². The zero-order valence-electron chi connectivity index (χ0n) is 17.5. The van der Waals surface area contributed by atoms with Gasteiger partial charge in [-0.15, -0.1) is 10.2 Å². The molecule has 0 radical (unpaired) electrons. The van der Waals surface area contributed by atoms with Gasteiger partial charge < -0.3 is 0 Å². The zero-order valence-corrected chi connectivity index (χ0v) is 18.4. The van der Waals surface area contributed by atoms with E-state index in [1.54, 1.807) is 11.8 Å². The normalized spacial score (nSPS) is 11.4. The number of nitrogens with zero attached hydrogens (tertiary/aromatic N) is 3. The van der Waals surface area contributed by atoms with Crippen LogP contribution in [-0.4, -0.2) is 15.2 Å². The molecule has 0 unspecified atom stereocenters. The number of hydrogen-bond acceptors (Lipinski definition) is 4. The van der Waals surface area contributed by atoms with Crippen LogP contribution in [0.1, 0.15) is 31.9 Å². The van der Waals surface area contributed by atoms with Gasteiger partial charge in [0.25, 0.3) is 0 Å². The van der Waals surface area contributed by atoms with Crippen LogP contribution < -0.4 is 0 Å². The third-order valence-electron chi connectivity index (χ3n) is 4.95. The van der Waals surface area contributed by atoms with Crippen LogP contribution in [0.25, 0.3) is 22.5 Å². The second-order valence-electron chi connectivity index (χ2n) is 8.26. The summed E-state index contributed by atoms with van der Waals surface area (Å²) in [5.74, 6) is 0.811. The lowest BCUT2D eigenvalue weighted by Gasteiger charge is -2.19. The Balaban J connectivity index is 1.60. The van der Waals surface area contributed by atoms with Gasteiger partial charge in [-0.1, -0.05) is 117 Å². The molecule has 0 spiro atoms. The van der Waals surface area contributed by atoms with E-state index in [1.165, 1.54) is 11.1 Å².